The largest absolute Gasteiger partial charge is 0.366 e. The Morgan fingerprint density at radius 1 is 1.16 bits per heavy atom. The number of anilines is 2. The number of nitrogens with two attached hydrogens (primary N) is 1. The summed E-state index contributed by atoms with van der Waals surface area (Å²) in [5, 5.41) is 3.35. The van der Waals surface area contributed by atoms with Crippen LogP contribution in [0.3, 0.4) is 0 Å². The fraction of sp³-hybridized carbons (Fsp3) is 0.370. The van der Waals surface area contributed by atoms with Gasteiger partial charge in [0.15, 0.2) is 0 Å². The van der Waals surface area contributed by atoms with Crippen LogP contribution in [0.15, 0.2) is 53.9 Å². The fourth-order valence-electron chi connectivity index (χ4n) is 5.27. The summed E-state index contributed by atoms with van der Waals surface area (Å²) in [6.45, 7) is 2.13. The van der Waals surface area contributed by atoms with Crippen LogP contribution < -0.4 is 14.9 Å². The van der Waals surface area contributed by atoms with Crippen molar-refractivity contribution >= 4 is 81.1 Å². The van der Waals surface area contributed by atoms with Gasteiger partial charge < -0.3 is 25.3 Å². The fourth-order valence-corrected chi connectivity index (χ4v) is 8.85. The van der Waals surface area contributed by atoms with E-state index in [-0.39, 0.29) is 24.4 Å². The first-order chi connectivity index (χ1) is 20.4. The molecule has 1 aromatic heterocycles. The molecule has 0 aliphatic carbocycles. The third-order valence-electron chi connectivity index (χ3n) is 7.09. The average molecular weight is 669 g/mol. The van der Waals surface area contributed by atoms with E-state index in [4.69, 9.17) is 5.73 Å². The Hall–Kier alpha value is -2.78. The summed E-state index contributed by atoms with van der Waals surface area (Å²) in [7, 11) is -4.42. The number of hydrogen-bond acceptors (Lipinski definition) is 7. The van der Waals surface area contributed by atoms with E-state index in [2.05, 4.69) is 0 Å². The number of hydrogen-bond donors (Lipinski definition) is 4. The quantitative estimate of drug-likeness (QED) is 0.166. The zero-order chi connectivity index (χ0) is 31.3. The lowest BCUT2D eigenvalue weighted by atomic mass is 9.97. The third-order valence-corrected chi connectivity index (χ3v) is 11.5. The molecule has 1 saturated heterocycles. The van der Waals surface area contributed by atoms with Crippen LogP contribution in [0.5, 0.6) is 0 Å². The van der Waals surface area contributed by atoms with Crippen LogP contribution in [0.2, 0.25) is 0 Å². The number of benzene rings is 2. The lowest BCUT2D eigenvalue weighted by Crippen LogP contribution is -2.59. The number of primary amides is 1. The molecular formula is C27H33N4O8PS3. The van der Waals surface area contributed by atoms with Gasteiger partial charge >= 0.3 is 7.60 Å². The predicted octanol–water partition coefficient (Wildman–Crippen LogP) is 3.61. The van der Waals surface area contributed by atoms with Gasteiger partial charge in [-0.05, 0) is 60.5 Å². The molecular weight excluding hydrogens is 635 g/mol. The first-order valence-electron chi connectivity index (χ1n) is 13.4. The maximum absolute atomic E-state index is 14.2. The summed E-state index contributed by atoms with van der Waals surface area (Å²) in [4.78, 5) is 62.6. The normalized spacial score (nSPS) is 16.9. The number of thioether (sulfide) groups is 1. The van der Waals surface area contributed by atoms with Crippen molar-refractivity contribution in [3.8, 4) is 0 Å². The van der Waals surface area contributed by atoms with Crippen LogP contribution in [0.25, 0.3) is 10.8 Å². The highest BCUT2D eigenvalue weighted by molar-refractivity contribution is 8.04. The number of piperidine rings is 1. The highest BCUT2D eigenvalue weighted by Crippen LogP contribution is 2.40. The van der Waals surface area contributed by atoms with Gasteiger partial charge in [0.1, 0.15) is 17.1 Å². The van der Waals surface area contributed by atoms with Crippen molar-refractivity contribution in [2.24, 2.45) is 5.73 Å². The monoisotopic (exact) mass is 668 g/mol. The molecule has 3 aromatic rings. The minimum Gasteiger partial charge on any atom is -0.366 e. The van der Waals surface area contributed by atoms with Gasteiger partial charge in [0.05, 0.1) is 16.7 Å². The molecule has 0 saturated carbocycles. The maximum Gasteiger partial charge on any atom is 0.335 e. The molecule has 1 fully saturated rings. The minimum atomic E-state index is -4.42. The highest BCUT2D eigenvalue weighted by Gasteiger charge is 2.41. The van der Waals surface area contributed by atoms with Crippen molar-refractivity contribution in [2.75, 3.05) is 33.5 Å². The summed E-state index contributed by atoms with van der Waals surface area (Å²) >= 11 is -0.738. The standard InChI is InChI=1S/C27H33N4O8PS3/c1-2-29(20-13-12-18-8-3-4-9-19(18)24(20)25(28)32)26(33)21-10-5-6-14-30(21)27(34)22(16-41-17-40(35,36)37)31(43(38)39)23-11-7-15-42-23/h3-4,7-9,11-13,15,21-22H,2,5-6,10,14,16-17H2,1H3,(H2,28,32)(H,38,39)(H2,35,36,37). The van der Waals surface area contributed by atoms with Crippen LogP contribution in [0.1, 0.15) is 36.5 Å². The van der Waals surface area contributed by atoms with Gasteiger partial charge in [0.25, 0.3) is 17.2 Å². The van der Waals surface area contributed by atoms with Crippen LogP contribution >= 0.6 is 30.7 Å². The number of amides is 3. The van der Waals surface area contributed by atoms with Crippen molar-refractivity contribution < 1.29 is 37.5 Å². The molecule has 1 aliphatic heterocycles. The summed E-state index contributed by atoms with van der Waals surface area (Å²) in [5.41, 5.74) is 5.72. The number of thiophene rings is 1. The number of likely N-dealkylation sites (N-methyl/N-ethyl adjacent to an activating group) is 1. The van der Waals surface area contributed by atoms with Crippen LogP contribution in [-0.2, 0) is 25.4 Å². The van der Waals surface area contributed by atoms with Gasteiger partial charge in [0.2, 0.25) is 11.8 Å². The van der Waals surface area contributed by atoms with E-state index in [1.807, 2.05) is 12.1 Å². The Kier molecular flexibility index (Phi) is 11.0. The minimum absolute atomic E-state index is 0.180. The highest BCUT2D eigenvalue weighted by atomic mass is 32.2. The summed E-state index contributed by atoms with van der Waals surface area (Å²) in [5.74, 6) is -1.95. The van der Waals surface area contributed by atoms with Crippen LogP contribution in [0, 0.1) is 0 Å². The lowest BCUT2D eigenvalue weighted by molar-refractivity contribution is -0.141. The molecule has 0 bridgehead atoms. The van der Waals surface area contributed by atoms with Gasteiger partial charge in [0, 0.05) is 18.8 Å². The molecule has 3 unspecified atom stereocenters. The van der Waals surface area contributed by atoms with Gasteiger partial charge in [-0.3, -0.25) is 23.5 Å². The third kappa shape index (κ3) is 7.66. The SMILES string of the molecule is CCN(C(=O)C1CCCCN1C(=O)C(CSCP(=O)(O)O)N(c1cccs1)S(=O)O)c1ccc2ccccc2c1C(N)=O. The Balaban J connectivity index is 1.71. The second-order valence-electron chi connectivity index (χ2n) is 9.86. The number of likely N-dealkylation sites (tertiary alicyclic amines) is 1. The summed E-state index contributed by atoms with van der Waals surface area (Å²) in [6, 6.07) is 11.6. The first-order valence-corrected chi connectivity index (χ1v) is 18.3. The lowest BCUT2D eigenvalue weighted by Gasteiger charge is -2.40. The molecule has 2 heterocycles. The molecule has 0 radical (unpaired) electrons. The molecule has 0 spiro atoms. The molecule has 16 heteroatoms. The zero-order valence-corrected chi connectivity index (χ0v) is 26.6. The van der Waals surface area contributed by atoms with E-state index in [1.54, 1.807) is 48.7 Å². The second kappa shape index (κ2) is 14.3. The second-order valence-corrected chi connectivity index (χ2v) is 14.7. The van der Waals surface area contributed by atoms with Crippen molar-refractivity contribution in [1.82, 2.24) is 4.90 Å². The van der Waals surface area contributed by atoms with Gasteiger partial charge in [-0.15, -0.1) is 23.1 Å². The van der Waals surface area contributed by atoms with Crippen molar-refractivity contribution in [1.29, 1.82) is 0 Å². The first kappa shape index (κ1) is 33.1. The number of carbonyl (C=O) groups excluding carboxylic acids is 3. The van der Waals surface area contributed by atoms with Gasteiger partial charge in [-0.1, -0.05) is 30.3 Å². The number of rotatable bonds is 12. The van der Waals surface area contributed by atoms with Gasteiger partial charge in [-0.25, -0.2) is 8.51 Å². The van der Waals surface area contributed by atoms with E-state index < -0.39 is 54.2 Å². The Morgan fingerprint density at radius 3 is 2.53 bits per heavy atom. The Labute approximate surface area is 259 Å². The van der Waals surface area contributed by atoms with E-state index in [1.165, 1.54) is 9.80 Å². The summed E-state index contributed by atoms with van der Waals surface area (Å²) < 4.78 is 35.3. The van der Waals surface area contributed by atoms with Crippen LogP contribution in [0.4, 0.5) is 10.7 Å². The number of nitrogens with zero attached hydrogens (tertiary/aromatic N) is 3. The Bertz CT molecular complexity index is 1550. The molecule has 3 amide bonds. The molecule has 5 N–H and O–H groups in total. The van der Waals surface area contributed by atoms with E-state index >= 15 is 0 Å². The van der Waals surface area contributed by atoms with Gasteiger partial charge in [-0.2, -0.15) is 0 Å². The number of fused-ring (bicyclic) bond motifs is 1. The average Bonchev–Trinajstić information content (AvgIpc) is 3.49. The molecule has 12 nitrogen and oxygen atoms in total. The van der Waals surface area contributed by atoms with Crippen molar-refractivity contribution in [3.05, 3.63) is 59.5 Å². The molecule has 43 heavy (non-hydrogen) atoms. The van der Waals surface area contributed by atoms with E-state index in [0.717, 1.165) is 32.8 Å². The molecule has 3 atom stereocenters. The maximum atomic E-state index is 14.2. The number of carbonyl (C=O) groups is 3. The molecule has 4 rings (SSSR count). The zero-order valence-electron chi connectivity index (χ0n) is 23.3. The topological polar surface area (TPSA) is 182 Å². The summed E-state index contributed by atoms with van der Waals surface area (Å²) in [6.07, 6.45) is 1.56. The van der Waals surface area contributed by atoms with E-state index in [0.29, 0.717) is 35.3 Å². The molecule has 2 aromatic carbocycles. The predicted molar refractivity (Wildman–Crippen MR) is 171 cm³/mol. The Morgan fingerprint density at radius 2 is 1.91 bits per heavy atom. The van der Waals surface area contributed by atoms with Crippen LogP contribution in [-0.4, -0.2) is 77.6 Å². The van der Waals surface area contributed by atoms with E-state index in [9.17, 15) is 37.5 Å². The molecule has 1 aliphatic rings. The smallest absolute Gasteiger partial charge is 0.335 e. The van der Waals surface area contributed by atoms with Crippen molar-refractivity contribution in [2.45, 2.75) is 38.3 Å². The molecule has 232 valence electrons. The van der Waals surface area contributed by atoms with Crippen molar-refractivity contribution in [3.63, 3.8) is 0 Å².